The molecule has 0 aliphatic heterocycles. The maximum absolute atomic E-state index is 13.6. The van der Waals surface area contributed by atoms with E-state index in [0.717, 1.165) is 11.8 Å². The van der Waals surface area contributed by atoms with Crippen molar-refractivity contribution in [1.29, 1.82) is 0 Å². The van der Waals surface area contributed by atoms with Gasteiger partial charge in [-0.05, 0) is 50.0 Å². The van der Waals surface area contributed by atoms with E-state index in [2.05, 4.69) is 17.6 Å². The van der Waals surface area contributed by atoms with Crippen molar-refractivity contribution in [2.24, 2.45) is 17.8 Å². The topological polar surface area (TPSA) is 61.4 Å². The predicted octanol–water partition coefficient (Wildman–Crippen LogP) is 2.98. The summed E-state index contributed by atoms with van der Waals surface area (Å²) in [5.41, 5.74) is 0.203. The fraction of sp³-hybridized carbons (Fsp3) is 0.611. The van der Waals surface area contributed by atoms with Gasteiger partial charge in [-0.25, -0.2) is 9.18 Å². The second kappa shape index (κ2) is 6.87. The third kappa shape index (κ3) is 3.66. The van der Waals surface area contributed by atoms with Crippen molar-refractivity contribution >= 4 is 6.03 Å². The number of nitrogens with one attached hydrogen (secondary N) is 2. The largest absolute Gasteiger partial charge is 0.386 e. The molecule has 0 saturated heterocycles. The zero-order chi connectivity index (χ0) is 16.4. The molecule has 4 nitrogen and oxygen atoms in total. The Kier molecular flexibility index (Phi) is 4.85. The first-order valence-corrected chi connectivity index (χ1v) is 8.51. The van der Waals surface area contributed by atoms with E-state index in [9.17, 15) is 14.3 Å². The summed E-state index contributed by atoms with van der Waals surface area (Å²) in [5, 5.41) is 15.6. The maximum Gasteiger partial charge on any atom is 0.315 e. The molecular weight excluding hydrogens is 295 g/mol. The quantitative estimate of drug-likeness (QED) is 0.781. The molecule has 2 bridgehead atoms. The number of carbonyl (C=O) groups excluding carboxylic acids is 1. The Bertz CT molecular complexity index is 566. The molecule has 0 radical (unpaired) electrons. The van der Waals surface area contributed by atoms with Crippen molar-refractivity contribution in [2.75, 3.05) is 6.54 Å². The zero-order valence-electron chi connectivity index (χ0n) is 13.5. The molecule has 0 spiro atoms. The monoisotopic (exact) mass is 320 g/mol. The molecule has 2 aliphatic rings. The molecule has 126 valence electrons. The minimum atomic E-state index is -1.04. The molecule has 5 heteroatoms. The molecule has 2 amide bonds. The lowest BCUT2D eigenvalue weighted by atomic mass is 9.84. The molecule has 3 N–H and O–H groups in total. The van der Waals surface area contributed by atoms with Crippen molar-refractivity contribution in [1.82, 2.24) is 10.6 Å². The highest BCUT2D eigenvalue weighted by Crippen LogP contribution is 2.49. The highest BCUT2D eigenvalue weighted by Gasteiger charge is 2.42. The average Bonchev–Trinajstić information content (AvgIpc) is 3.16. The number of halogens is 1. The first-order valence-electron chi connectivity index (χ1n) is 8.51. The van der Waals surface area contributed by atoms with Gasteiger partial charge in [0.1, 0.15) is 5.82 Å². The van der Waals surface area contributed by atoms with Crippen LogP contribution >= 0.6 is 0 Å². The van der Waals surface area contributed by atoms with Gasteiger partial charge in [0, 0.05) is 18.2 Å². The summed E-state index contributed by atoms with van der Waals surface area (Å²) in [6.45, 7) is 2.05. The Morgan fingerprint density at radius 3 is 2.78 bits per heavy atom. The summed E-state index contributed by atoms with van der Waals surface area (Å²) in [4.78, 5) is 12.0. The van der Waals surface area contributed by atoms with Crippen LogP contribution in [0.15, 0.2) is 24.3 Å². The number of amides is 2. The van der Waals surface area contributed by atoms with Gasteiger partial charge >= 0.3 is 6.03 Å². The number of fused-ring (bicyclic) bond motifs is 2. The summed E-state index contributed by atoms with van der Waals surface area (Å²) in [6.07, 6.45) is 4.11. The zero-order valence-corrected chi connectivity index (χ0v) is 13.5. The third-order valence-electron chi connectivity index (χ3n) is 5.51. The predicted molar refractivity (Wildman–Crippen MR) is 86.3 cm³/mol. The summed E-state index contributed by atoms with van der Waals surface area (Å²) < 4.78 is 13.6. The molecule has 1 aromatic carbocycles. The lowest BCUT2D eigenvalue weighted by Crippen LogP contribution is -2.46. The van der Waals surface area contributed by atoms with E-state index in [1.165, 1.54) is 37.8 Å². The smallest absolute Gasteiger partial charge is 0.315 e. The van der Waals surface area contributed by atoms with E-state index in [1.807, 2.05) is 0 Å². The standard InChI is InChI=1S/C18H25FN2O2/c1-11(15-9-12-6-7-13(15)8-12)21-18(23)20-10-17(22)14-4-2-3-5-16(14)19/h2-5,11-13,15,17,22H,6-10H2,1H3,(H2,20,21,23). The number of carbonyl (C=O) groups is 1. The molecule has 0 aromatic heterocycles. The summed E-state index contributed by atoms with van der Waals surface area (Å²) in [6, 6.07) is 5.90. The SMILES string of the molecule is CC(NC(=O)NCC(O)c1ccccc1F)C1CC2CCC1C2. The van der Waals surface area contributed by atoms with Crippen LogP contribution in [0, 0.1) is 23.6 Å². The number of hydrogen-bond acceptors (Lipinski definition) is 2. The number of hydrogen-bond donors (Lipinski definition) is 3. The number of aliphatic hydroxyl groups is 1. The fourth-order valence-corrected chi connectivity index (χ4v) is 4.32. The lowest BCUT2D eigenvalue weighted by molar-refractivity contribution is 0.166. The van der Waals surface area contributed by atoms with E-state index < -0.39 is 11.9 Å². The van der Waals surface area contributed by atoms with Gasteiger partial charge in [-0.3, -0.25) is 0 Å². The minimum Gasteiger partial charge on any atom is -0.386 e. The van der Waals surface area contributed by atoms with Gasteiger partial charge in [0.05, 0.1) is 6.10 Å². The molecule has 1 aromatic rings. The molecule has 23 heavy (non-hydrogen) atoms. The van der Waals surface area contributed by atoms with Gasteiger partial charge in [-0.1, -0.05) is 24.6 Å². The Balaban J connectivity index is 1.45. The van der Waals surface area contributed by atoms with Crippen molar-refractivity contribution < 1.29 is 14.3 Å². The van der Waals surface area contributed by atoms with Crippen LogP contribution in [-0.4, -0.2) is 23.7 Å². The van der Waals surface area contributed by atoms with Crippen LogP contribution in [-0.2, 0) is 0 Å². The molecule has 0 heterocycles. The maximum atomic E-state index is 13.6. The van der Waals surface area contributed by atoms with Gasteiger partial charge in [-0.2, -0.15) is 0 Å². The van der Waals surface area contributed by atoms with E-state index >= 15 is 0 Å². The third-order valence-corrected chi connectivity index (χ3v) is 5.51. The highest BCUT2D eigenvalue weighted by molar-refractivity contribution is 5.74. The van der Waals surface area contributed by atoms with Crippen LogP contribution in [0.3, 0.4) is 0 Å². The first-order chi connectivity index (χ1) is 11.0. The number of aliphatic hydroxyl groups excluding tert-OH is 1. The lowest BCUT2D eigenvalue weighted by Gasteiger charge is -2.28. The van der Waals surface area contributed by atoms with Gasteiger partial charge < -0.3 is 15.7 Å². The minimum absolute atomic E-state index is 0.00376. The van der Waals surface area contributed by atoms with Crippen LogP contribution in [0.5, 0.6) is 0 Å². The van der Waals surface area contributed by atoms with Gasteiger partial charge in [0.15, 0.2) is 0 Å². The van der Waals surface area contributed by atoms with Crippen LogP contribution < -0.4 is 10.6 Å². The Labute approximate surface area is 136 Å². The van der Waals surface area contributed by atoms with Crippen molar-refractivity contribution in [3.8, 4) is 0 Å². The van der Waals surface area contributed by atoms with E-state index in [1.54, 1.807) is 12.1 Å². The average molecular weight is 320 g/mol. The summed E-state index contributed by atoms with van der Waals surface area (Å²) >= 11 is 0. The van der Waals surface area contributed by atoms with Crippen LogP contribution in [0.2, 0.25) is 0 Å². The molecule has 3 rings (SSSR count). The molecule has 2 aliphatic carbocycles. The molecule has 2 fully saturated rings. The second-order valence-electron chi connectivity index (χ2n) is 7.02. The van der Waals surface area contributed by atoms with Crippen molar-refractivity contribution in [3.63, 3.8) is 0 Å². The molecule has 5 unspecified atom stereocenters. The Morgan fingerprint density at radius 2 is 2.13 bits per heavy atom. The molecule has 2 saturated carbocycles. The van der Waals surface area contributed by atoms with Gasteiger partial charge in [0.2, 0.25) is 0 Å². The summed E-state index contributed by atoms with van der Waals surface area (Å²) in [7, 11) is 0. The van der Waals surface area contributed by atoms with Crippen molar-refractivity contribution in [2.45, 2.75) is 44.8 Å². The fourth-order valence-electron chi connectivity index (χ4n) is 4.32. The van der Waals surface area contributed by atoms with Crippen LogP contribution in [0.25, 0.3) is 0 Å². The Hall–Kier alpha value is -1.62. The van der Waals surface area contributed by atoms with Gasteiger partial charge in [0.25, 0.3) is 0 Å². The van der Waals surface area contributed by atoms with E-state index in [0.29, 0.717) is 5.92 Å². The first kappa shape index (κ1) is 16.2. The van der Waals surface area contributed by atoms with Crippen molar-refractivity contribution in [3.05, 3.63) is 35.6 Å². The molecular formula is C18H25FN2O2. The van der Waals surface area contributed by atoms with E-state index in [4.69, 9.17) is 0 Å². The highest BCUT2D eigenvalue weighted by atomic mass is 19.1. The number of urea groups is 1. The second-order valence-corrected chi connectivity index (χ2v) is 7.02. The van der Waals surface area contributed by atoms with Crippen LogP contribution in [0.1, 0.15) is 44.3 Å². The molecule has 5 atom stereocenters. The van der Waals surface area contributed by atoms with Gasteiger partial charge in [-0.15, -0.1) is 0 Å². The Morgan fingerprint density at radius 1 is 1.35 bits per heavy atom. The van der Waals surface area contributed by atoms with Crippen LogP contribution in [0.4, 0.5) is 9.18 Å². The number of benzene rings is 1. The van der Waals surface area contributed by atoms with E-state index in [-0.39, 0.29) is 24.2 Å². The summed E-state index contributed by atoms with van der Waals surface area (Å²) in [5.74, 6) is 1.70. The number of rotatable bonds is 5. The normalized spacial score (nSPS) is 28.4.